The number of methoxy groups -OCH3 is 1. The normalized spacial score (nSPS) is 10.6. The highest BCUT2D eigenvalue weighted by Gasteiger charge is 2.17. The number of hydrogen-bond donors (Lipinski definition) is 1. The van der Waals surface area contributed by atoms with Crippen LogP contribution in [0.4, 0.5) is 13.9 Å². The number of carbonyl (C=O) groups excluding carboxylic acids is 2. The Morgan fingerprint density at radius 1 is 1.22 bits per heavy atom. The Kier molecular flexibility index (Phi) is 5.55. The standard InChI is InChI=1S/C17H13F2N3O4S/c1-25-16(24)12-8-21-17(27-12)22-13(23)5-6-14-20-7-11(26-14)15-9(18)3-2-4-10(15)19/h2-4,7-8H,5-6H2,1H3,(H,21,22,23). The van der Waals surface area contributed by atoms with Crippen molar-refractivity contribution in [2.75, 3.05) is 12.4 Å². The first-order valence-corrected chi connectivity index (χ1v) is 8.52. The van der Waals surface area contributed by atoms with Gasteiger partial charge in [0.1, 0.15) is 16.5 Å². The second-order valence-corrected chi connectivity index (χ2v) is 6.31. The molecule has 1 aromatic carbocycles. The van der Waals surface area contributed by atoms with Crippen molar-refractivity contribution in [2.45, 2.75) is 12.8 Å². The predicted octanol–water partition coefficient (Wildman–Crippen LogP) is 3.43. The van der Waals surface area contributed by atoms with E-state index in [4.69, 9.17) is 4.42 Å². The third kappa shape index (κ3) is 4.34. The maximum absolute atomic E-state index is 13.8. The van der Waals surface area contributed by atoms with E-state index >= 15 is 0 Å². The molecule has 0 aliphatic heterocycles. The molecule has 0 bridgehead atoms. The summed E-state index contributed by atoms with van der Waals surface area (Å²) in [5.74, 6) is -2.33. The first-order chi connectivity index (χ1) is 13.0. The molecule has 27 heavy (non-hydrogen) atoms. The van der Waals surface area contributed by atoms with Gasteiger partial charge in [0, 0.05) is 12.8 Å². The molecule has 0 saturated carbocycles. The molecule has 0 radical (unpaired) electrons. The minimum Gasteiger partial charge on any atom is -0.465 e. The minimum absolute atomic E-state index is 0.00679. The van der Waals surface area contributed by atoms with Crippen LogP contribution in [0.25, 0.3) is 11.3 Å². The number of hydrogen-bond acceptors (Lipinski definition) is 7. The van der Waals surface area contributed by atoms with Gasteiger partial charge >= 0.3 is 5.97 Å². The molecule has 0 spiro atoms. The van der Waals surface area contributed by atoms with E-state index in [1.54, 1.807) is 0 Å². The fourth-order valence-electron chi connectivity index (χ4n) is 2.20. The first kappa shape index (κ1) is 18.6. The fourth-order valence-corrected chi connectivity index (χ4v) is 2.95. The van der Waals surface area contributed by atoms with Crippen LogP contribution < -0.4 is 5.32 Å². The SMILES string of the molecule is COC(=O)c1cnc(NC(=O)CCc2ncc(-c3c(F)cccc3F)o2)s1. The Hall–Kier alpha value is -3.14. The molecule has 1 N–H and O–H groups in total. The van der Waals surface area contributed by atoms with E-state index in [0.29, 0.717) is 0 Å². The highest BCUT2D eigenvalue weighted by molar-refractivity contribution is 7.17. The second-order valence-electron chi connectivity index (χ2n) is 5.28. The van der Waals surface area contributed by atoms with Crippen LogP contribution in [0.5, 0.6) is 0 Å². The lowest BCUT2D eigenvalue weighted by Gasteiger charge is -2.01. The number of aromatic nitrogens is 2. The zero-order chi connectivity index (χ0) is 19.4. The maximum Gasteiger partial charge on any atom is 0.349 e. The fraction of sp³-hybridized carbons (Fsp3) is 0.176. The Bertz CT molecular complexity index is 966. The van der Waals surface area contributed by atoms with E-state index in [-0.39, 0.29) is 46.0 Å². The molecule has 140 valence electrons. The summed E-state index contributed by atoms with van der Waals surface area (Å²) >= 11 is 0.980. The van der Waals surface area contributed by atoms with Gasteiger partial charge in [-0.05, 0) is 12.1 Å². The van der Waals surface area contributed by atoms with Gasteiger partial charge in [-0.25, -0.2) is 23.5 Å². The second kappa shape index (κ2) is 8.04. The summed E-state index contributed by atoms with van der Waals surface area (Å²) in [5.41, 5.74) is -0.307. The molecular weight excluding hydrogens is 380 g/mol. The number of carbonyl (C=O) groups is 2. The highest BCUT2D eigenvalue weighted by Crippen LogP contribution is 2.27. The molecule has 0 aliphatic carbocycles. The van der Waals surface area contributed by atoms with E-state index in [0.717, 1.165) is 23.5 Å². The van der Waals surface area contributed by atoms with Crippen LogP contribution in [0.15, 0.2) is 35.0 Å². The number of halogens is 2. The van der Waals surface area contributed by atoms with Crippen LogP contribution in [-0.2, 0) is 16.0 Å². The van der Waals surface area contributed by atoms with Crippen molar-refractivity contribution in [3.63, 3.8) is 0 Å². The molecule has 3 rings (SSSR count). The van der Waals surface area contributed by atoms with Gasteiger partial charge in [-0.2, -0.15) is 0 Å². The van der Waals surface area contributed by atoms with Crippen LogP contribution >= 0.6 is 11.3 Å². The number of nitrogens with one attached hydrogen (secondary N) is 1. The molecule has 7 nitrogen and oxygen atoms in total. The smallest absolute Gasteiger partial charge is 0.349 e. The van der Waals surface area contributed by atoms with Crippen LogP contribution in [0, 0.1) is 11.6 Å². The molecule has 0 fully saturated rings. The molecule has 0 aliphatic rings. The lowest BCUT2D eigenvalue weighted by Crippen LogP contribution is -2.12. The third-order valence-electron chi connectivity index (χ3n) is 3.47. The minimum atomic E-state index is -0.763. The van der Waals surface area contributed by atoms with Gasteiger partial charge < -0.3 is 14.5 Å². The number of nitrogens with zero attached hydrogens (tertiary/aromatic N) is 2. The van der Waals surface area contributed by atoms with Gasteiger partial charge in [0.15, 0.2) is 16.8 Å². The first-order valence-electron chi connectivity index (χ1n) is 7.71. The summed E-state index contributed by atoms with van der Waals surface area (Å²) < 4.78 is 37.4. The van der Waals surface area contributed by atoms with Crippen molar-refractivity contribution in [3.8, 4) is 11.3 Å². The van der Waals surface area contributed by atoms with Gasteiger partial charge in [-0.15, -0.1) is 0 Å². The molecule has 0 atom stereocenters. The summed E-state index contributed by atoms with van der Waals surface area (Å²) in [5, 5.41) is 2.79. The average Bonchev–Trinajstić information content (AvgIpc) is 3.29. The average molecular weight is 393 g/mol. The summed E-state index contributed by atoms with van der Waals surface area (Å²) in [7, 11) is 1.25. The molecule has 0 saturated heterocycles. The monoisotopic (exact) mass is 393 g/mol. The Morgan fingerprint density at radius 2 is 1.96 bits per heavy atom. The third-order valence-corrected chi connectivity index (χ3v) is 4.36. The molecule has 10 heteroatoms. The van der Waals surface area contributed by atoms with E-state index in [1.807, 2.05) is 0 Å². The summed E-state index contributed by atoms with van der Waals surface area (Å²) in [6.45, 7) is 0. The zero-order valence-electron chi connectivity index (χ0n) is 14.0. The molecule has 1 amide bonds. The number of anilines is 1. The lowest BCUT2D eigenvalue weighted by atomic mass is 10.1. The van der Waals surface area contributed by atoms with E-state index in [9.17, 15) is 18.4 Å². The lowest BCUT2D eigenvalue weighted by molar-refractivity contribution is -0.116. The Labute approximate surface area is 156 Å². The molecule has 3 aromatic rings. The number of thiazole rings is 1. The Morgan fingerprint density at radius 3 is 2.67 bits per heavy atom. The molecule has 0 unspecified atom stereocenters. The van der Waals surface area contributed by atoms with Crippen LogP contribution in [0.3, 0.4) is 0 Å². The number of ether oxygens (including phenoxy) is 1. The number of benzene rings is 1. The van der Waals surface area contributed by atoms with Crippen LogP contribution in [-0.4, -0.2) is 29.0 Å². The van der Waals surface area contributed by atoms with E-state index in [2.05, 4.69) is 20.0 Å². The van der Waals surface area contributed by atoms with Gasteiger partial charge in [0.2, 0.25) is 5.91 Å². The number of oxazole rings is 1. The van der Waals surface area contributed by atoms with Crippen molar-refractivity contribution >= 4 is 28.3 Å². The van der Waals surface area contributed by atoms with Crippen molar-refractivity contribution in [1.29, 1.82) is 0 Å². The van der Waals surface area contributed by atoms with Crippen molar-refractivity contribution < 1.29 is 27.5 Å². The quantitative estimate of drug-likeness (QED) is 0.645. The van der Waals surface area contributed by atoms with Crippen molar-refractivity contribution in [3.05, 3.63) is 53.0 Å². The molecule has 2 heterocycles. The summed E-state index contributed by atoms with van der Waals surface area (Å²) in [6, 6.07) is 3.48. The number of amides is 1. The van der Waals surface area contributed by atoms with Gasteiger partial charge in [-0.1, -0.05) is 17.4 Å². The van der Waals surface area contributed by atoms with E-state index < -0.39 is 17.6 Å². The maximum atomic E-state index is 13.8. The van der Waals surface area contributed by atoms with Crippen LogP contribution in [0.2, 0.25) is 0 Å². The van der Waals surface area contributed by atoms with Gasteiger partial charge in [0.05, 0.1) is 25.1 Å². The number of rotatable bonds is 6. The van der Waals surface area contributed by atoms with Crippen molar-refractivity contribution in [1.82, 2.24) is 9.97 Å². The van der Waals surface area contributed by atoms with Gasteiger partial charge in [0.25, 0.3) is 0 Å². The molecule has 2 aromatic heterocycles. The zero-order valence-corrected chi connectivity index (χ0v) is 14.8. The van der Waals surface area contributed by atoms with E-state index in [1.165, 1.54) is 25.6 Å². The van der Waals surface area contributed by atoms with Crippen LogP contribution in [0.1, 0.15) is 22.0 Å². The number of esters is 1. The van der Waals surface area contributed by atoms with Crippen molar-refractivity contribution in [2.24, 2.45) is 0 Å². The molecular formula is C17H13F2N3O4S. The Balaban J connectivity index is 1.59. The predicted molar refractivity (Wildman–Crippen MR) is 92.3 cm³/mol. The van der Waals surface area contributed by atoms with Gasteiger partial charge in [-0.3, -0.25) is 4.79 Å². The highest BCUT2D eigenvalue weighted by atomic mass is 32.1. The summed E-state index contributed by atoms with van der Waals surface area (Å²) in [4.78, 5) is 31.4. The summed E-state index contributed by atoms with van der Waals surface area (Å²) in [6.07, 6.45) is 2.64. The largest absolute Gasteiger partial charge is 0.465 e. The number of aryl methyl sites for hydroxylation is 1. The topological polar surface area (TPSA) is 94.3 Å².